The zero-order valence-electron chi connectivity index (χ0n) is 12.1. The molecule has 21 heavy (non-hydrogen) atoms. The van der Waals surface area contributed by atoms with Crippen molar-refractivity contribution in [3.63, 3.8) is 0 Å². The molecule has 1 aromatic carbocycles. The number of rotatable bonds is 1. The number of aryl methyl sites for hydroxylation is 1. The second-order valence-corrected chi connectivity index (χ2v) is 5.66. The quantitative estimate of drug-likeness (QED) is 0.628. The number of amides is 2. The van der Waals surface area contributed by atoms with Gasteiger partial charge in [0.05, 0.1) is 24.1 Å². The monoisotopic (exact) mass is 282 g/mol. The summed E-state index contributed by atoms with van der Waals surface area (Å²) in [7, 11) is 0. The lowest BCUT2D eigenvalue weighted by Gasteiger charge is -2.16. The minimum atomic E-state index is -0.114. The molecule has 2 atom stereocenters. The Morgan fingerprint density at radius 2 is 1.90 bits per heavy atom. The zero-order chi connectivity index (χ0) is 15.0. The van der Waals surface area contributed by atoms with Crippen molar-refractivity contribution in [3.8, 4) is 11.8 Å². The fraction of sp³-hybridized carbons (Fsp3) is 0.412. The van der Waals surface area contributed by atoms with Gasteiger partial charge in [-0.1, -0.05) is 24.3 Å². The number of nitrogens with zero attached hydrogens (tertiary/aromatic N) is 1. The first-order chi connectivity index (χ1) is 10.1. The molecule has 1 aliphatic heterocycles. The maximum absolute atomic E-state index is 12.5. The molecule has 2 amide bonds. The third-order valence-electron chi connectivity index (χ3n) is 4.40. The molecule has 4 nitrogen and oxygen atoms in total. The maximum atomic E-state index is 12.5. The van der Waals surface area contributed by atoms with E-state index in [1.165, 1.54) is 4.90 Å². The molecule has 1 heterocycles. The van der Waals surface area contributed by atoms with Gasteiger partial charge in [-0.25, -0.2) is 0 Å². The van der Waals surface area contributed by atoms with E-state index in [1.54, 1.807) is 0 Å². The first-order valence-corrected chi connectivity index (χ1v) is 7.31. The van der Waals surface area contributed by atoms with Crippen molar-refractivity contribution in [3.05, 3.63) is 29.3 Å². The van der Waals surface area contributed by atoms with Crippen molar-refractivity contribution in [1.29, 1.82) is 0 Å². The highest BCUT2D eigenvalue weighted by Crippen LogP contribution is 2.41. The van der Waals surface area contributed by atoms with E-state index in [0.717, 1.165) is 30.4 Å². The SMILES string of the molecule is Cc1ccc(N2C(=O)C3CCCC3C2=O)cc1C#CCN. The van der Waals surface area contributed by atoms with Crippen molar-refractivity contribution in [2.45, 2.75) is 26.2 Å². The summed E-state index contributed by atoms with van der Waals surface area (Å²) in [4.78, 5) is 26.3. The minimum absolute atomic E-state index is 0.0518. The van der Waals surface area contributed by atoms with Crippen LogP contribution in [0.4, 0.5) is 5.69 Å². The molecule has 0 radical (unpaired) electrons. The Balaban J connectivity index is 1.97. The van der Waals surface area contributed by atoms with Crippen molar-refractivity contribution in [2.24, 2.45) is 17.6 Å². The highest BCUT2D eigenvalue weighted by molar-refractivity contribution is 6.22. The number of carbonyl (C=O) groups excluding carboxylic acids is 2. The topological polar surface area (TPSA) is 63.4 Å². The molecular weight excluding hydrogens is 264 g/mol. The van der Waals surface area contributed by atoms with Crippen LogP contribution >= 0.6 is 0 Å². The van der Waals surface area contributed by atoms with Gasteiger partial charge in [0.15, 0.2) is 0 Å². The van der Waals surface area contributed by atoms with E-state index in [0.29, 0.717) is 5.69 Å². The Morgan fingerprint density at radius 3 is 2.52 bits per heavy atom. The molecule has 108 valence electrons. The van der Waals surface area contributed by atoms with Crippen molar-refractivity contribution >= 4 is 17.5 Å². The van der Waals surface area contributed by atoms with Crippen LogP contribution in [0, 0.1) is 30.6 Å². The van der Waals surface area contributed by atoms with Gasteiger partial charge in [-0.2, -0.15) is 0 Å². The van der Waals surface area contributed by atoms with E-state index in [1.807, 2.05) is 25.1 Å². The zero-order valence-corrected chi connectivity index (χ0v) is 12.1. The summed E-state index contributed by atoms with van der Waals surface area (Å²) in [5.74, 6) is 5.48. The Hall–Kier alpha value is -2.12. The lowest BCUT2D eigenvalue weighted by Crippen LogP contribution is -2.31. The fourth-order valence-electron chi connectivity index (χ4n) is 3.28. The van der Waals surface area contributed by atoms with Crippen LogP contribution in [0.3, 0.4) is 0 Å². The van der Waals surface area contributed by atoms with Crippen LogP contribution < -0.4 is 10.6 Å². The second-order valence-electron chi connectivity index (χ2n) is 5.66. The molecule has 3 rings (SSSR count). The lowest BCUT2D eigenvalue weighted by molar-refractivity contribution is -0.122. The van der Waals surface area contributed by atoms with E-state index < -0.39 is 0 Å². The number of benzene rings is 1. The van der Waals surface area contributed by atoms with E-state index in [4.69, 9.17) is 5.73 Å². The van der Waals surface area contributed by atoms with Crippen LogP contribution in [-0.4, -0.2) is 18.4 Å². The number of carbonyl (C=O) groups is 2. The number of anilines is 1. The average Bonchev–Trinajstić information content (AvgIpc) is 3.04. The van der Waals surface area contributed by atoms with Crippen LogP contribution in [0.2, 0.25) is 0 Å². The Bertz CT molecular complexity index is 647. The molecule has 0 bridgehead atoms. The summed E-state index contributed by atoms with van der Waals surface area (Å²) < 4.78 is 0. The van der Waals surface area contributed by atoms with Crippen LogP contribution in [0.25, 0.3) is 0 Å². The van der Waals surface area contributed by atoms with Gasteiger partial charge < -0.3 is 5.73 Å². The molecular formula is C17H18N2O2. The van der Waals surface area contributed by atoms with Gasteiger partial charge in [0, 0.05) is 5.56 Å². The van der Waals surface area contributed by atoms with Gasteiger partial charge in [0.2, 0.25) is 11.8 Å². The molecule has 1 saturated carbocycles. The number of nitrogens with two attached hydrogens (primary N) is 1. The van der Waals surface area contributed by atoms with E-state index in [2.05, 4.69) is 11.8 Å². The molecule has 2 N–H and O–H groups in total. The first-order valence-electron chi connectivity index (χ1n) is 7.31. The second kappa shape index (κ2) is 5.34. The highest BCUT2D eigenvalue weighted by atomic mass is 16.2. The molecule has 0 spiro atoms. The van der Waals surface area contributed by atoms with Gasteiger partial charge in [0.25, 0.3) is 0 Å². The maximum Gasteiger partial charge on any atom is 0.237 e. The Labute approximate surface area is 124 Å². The van der Waals surface area contributed by atoms with Crippen LogP contribution in [-0.2, 0) is 9.59 Å². The van der Waals surface area contributed by atoms with E-state index in [-0.39, 0.29) is 30.2 Å². The molecule has 2 aliphatic rings. The summed E-state index contributed by atoms with van der Waals surface area (Å²) >= 11 is 0. The summed E-state index contributed by atoms with van der Waals surface area (Å²) in [5.41, 5.74) is 7.86. The molecule has 2 fully saturated rings. The lowest BCUT2D eigenvalue weighted by atomic mass is 10.00. The molecule has 0 aromatic heterocycles. The number of hydrogen-bond donors (Lipinski definition) is 1. The highest BCUT2D eigenvalue weighted by Gasteiger charge is 2.50. The van der Waals surface area contributed by atoms with Gasteiger partial charge in [0.1, 0.15) is 0 Å². The number of hydrogen-bond acceptors (Lipinski definition) is 3. The largest absolute Gasteiger partial charge is 0.320 e. The normalized spacial score (nSPS) is 24.0. The number of imide groups is 1. The van der Waals surface area contributed by atoms with Gasteiger partial charge in [-0.15, -0.1) is 0 Å². The third kappa shape index (κ3) is 2.24. The average molecular weight is 282 g/mol. The molecule has 1 aromatic rings. The molecule has 1 aliphatic carbocycles. The number of fused-ring (bicyclic) bond motifs is 1. The molecule has 4 heteroatoms. The molecule has 1 saturated heterocycles. The summed E-state index contributed by atoms with van der Waals surface area (Å²) in [6.45, 7) is 2.24. The van der Waals surface area contributed by atoms with Crippen LogP contribution in [0.15, 0.2) is 18.2 Å². The van der Waals surface area contributed by atoms with Crippen molar-refractivity contribution in [2.75, 3.05) is 11.4 Å². The third-order valence-corrected chi connectivity index (χ3v) is 4.40. The van der Waals surface area contributed by atoms with Gasteiger partial charge >= 0.3 is 0 Å². The standard InChI is InChI=1S/C17H18N2O2/c1-11-7-8-13(10-12(11)4-3-9-18)19-16(20)14-5-2-6-15(14)17(19)21/h7-8,10,14-15H,2,5-6,9,18H2,1H3. The summed E-state index contributed by atoms with van der Waals surface area (Å²) in [6.07, 6.45) is 2.64. The van der Waals surface area contributed by atoms with Crippen molar-refractivity contribution < 1.29 is 9.59 Å². The Morgan fingerprint density at radius 1 is 1.24 bits per heavy atom. The minimum Gasteiger partial charge on any atom is -0.320 e. The van der Waals surface area contributed by atoms with Gasteiger partial charge in [-0.05, 0) is 37.5 Å². The van der Waals surface area contributed by atoms with Crippen LogP contribution in [0.1, 0.15) is 30.4 Å². The fourth-order valence-corrected chi connectivity index (χ4v) is 3.28. The summed E-state index contributed by atoms with van der Waals surface area (Å²) in [5, 5.41) is 0. The smallest absolute Gasteiger partial charge is 0.237 e. The Kier molecular flexibility index (Phi) is 3.52. The van der Waals surface area contributed by atoms with Gasteiger partial charge in [-0.3, -0.25) is 14.5 Å². The predicted molar refractivity (Wildman–Crippen MR) is 80.4 cm³/mol. The first kappa shape index (κ1) is 13.8. The predicted octanol–water partition coefficient (Wildman–Crippen LogP) is 1.59. The summed E-state index contributed by atoms with van der Waals surface area (Å²) in [6, 6.07) is 5.53. The molecule has 2 unspecified atom stereocenters. The van der Waals surface area contributed by atoms with E-state index in [9.17, 15) is 9.59 Å². The van der Waals surface area contributed by atoms with E-state index >= 15 is 0 Å². The van der Waals surface area contributed by atoms with Crippen LogP contribution in [0.5, 0.6) is 0 Å². The van der Waals surface area contributed by atoms with Crippen molar-refractivity contribution in [1.82, 2.24) is 0 Å².